The van der Waals surface area contributed by atoms with E-state index in [4.69, 9.17) is 11.6 Å². The van der Waals surface area contributed by atoms with Crippen LogP contribution >= 0.6 is 11.6 Å². The molecule has 142 valence electrons. The molecule has 2 fully saturated rings. The van der Waals surface area contributed by atoms with Crippen molar-refractivity contribution in [1.29, 1.82) is 0 Å². The van der Waals surface area contributed by atoms with Gasteiger partial charge in [0.1, 0.15) is 5.82 Å². The van der Waals surface area contributed by atoms with E-state index in [0.717, 1.165) is 31.2 Å². The standard InChI is InChI=1S/C21H23ClFN3O/c22-16-7-8-19(20(15-16)24-9-3-4-10-24)25-11-13-26(14-12-25)21(27)17-5-1-2-6-18(17)23/h1-2,5-8,15H,3-4,9-14H2. The van der Waals surface area contributed by atoms with Crippen LogP contribution in [0.15, 0.2) is 42.5 Å². The number of hydrogen-bond donors (Lipinski definition) is 0. The number of piperazine rings is 1. The van der Waals surface area contributed by atoms with Gasteiger partial charge in [0.05, 0.1) is 16.9 Å². The van der Waals surface area contributed by atoms with Crippen molar-refractivity contribution in [3.05, 3.63) is 58.9 Å². The summed E-state index contributed by atoms with van der Waals surface area (Å²) in [4.78, 5) is 19.1. The Morgan fingerprint density at radius 2 is 1.52 bits per heavy atom. The Kier molecular flexibility index (Phi) is 5.21. The third-order valence-corrected chi connectivity index (χ3v) is 5.63. The van der Waals surface area contributed by atoms with Gasteiger partial charge in [-0.15, -0.1) is 0 Å². The molecular formula is C21H23ClFN3O. The maximum Gasteiger partial charge on any atom is 0.256 e. The molecule has 0 saturated carbocycles. The predicted molar refractivity (Wildman–Crippen MR) is 107 cm³/mol. The summed E-state index contributed by atoms with van der Waals surface area (Å²) in [6.45, 7) is 4.72. The van der Waals surface area contributed by atoms with Crippen LogP contribution in [0, 0.1) is 5.82 Å². The van der Waals surface area contributed by atoms with Crippen molar-refractivity contribution in [2.24, 2.45) is 0 Å². The molecule has 1 amide bonds. The van der Waals surface area contributed by atoms with Gasteiger partial charge in [0.25, 0.3) is 5.91 Å². The number of halogens is 2. The lowest BCUT2D eigenvalue weighted by molar-refractivity contribution is 0.0742. The first kappa shape index (κ1) is 18.1. The molecule has 2 heterocycles. The number of carbonyl (C=O) groups excluding carboxylic acids is 1. The first-order valence-corrected chi connectivity index (χ1v) is 9.84. The quantitative estimate of drug-likeness (QED) is 0.795. The fourth-order valence-corrected chi connectivity index (χ4v) is 4.10. The number of benzene rings is 2. The van der Waals surface area contributed by atoms with Crippen LogP contribution < -0.4 is 9.80 Å². The highest BCUT2D eigenvalue weighted by Gasteiger charge is 2.26. The lowest BCUT2D eigenvalue weighted by Crippen LogP contribution is -2.49. The van der Waals surface area contributed by atoms with E-state index in [9.17, 15) is 9.18 Å². The third-order valence-electron chi connectivity index (χ3n) is 5.40. The largest absolute Gasteiger partial charge is 0.370 e. The van der Waals surface area contributed by atoms with E-state index in [1.165, 1.54) is 30.3 Å². The summed E-state index contributed by atoms with van der Waals surface area (Å²) in [5, 5.41) is 0.744. The molecule has 0 unspecified atom stereocenters. The minimum absolute atomic E-state index is 0.148. The average molecular weight is 388 g/mol. The lowest BCUT2D eigenvalue weighted by Gasteiger charge is -2.38. The summed E-state index contributed by atoms with van der Waals surface area (Å²) in [6, 6.07) is 12.2. The van der Waals surface area contributed by atoms with Crippen LogP contribution in [0.3, 0.4) is 0 Å². The van der Waals surface area contributed by atoms with Crippen LogP contribution in [0.25, 0.3) is 0 Å². The molecule has 0 bridgehead atoms. The number of anilines is 2. The maximum absolute atomic E-state index is 13.9. The molecule has 2 aliphatic rings. The normalized spacial score (nSPS) is 17.5. The highest BCUT2D eigenvalue weighted by molar-refractivity contribution is 6.31. The first-order chi connectivity index (χ1) is 13.1. The van der Waals surface area contributed by atoms with E-state index in [2.05, 4.69) is 15.9 Å². The topological polar surface area (TPSA) is 26.8 Å². The SMILES string of the molecule is O=C(c1ccccc1F)N1CCN(c2ccc(Cl)cc2N2CCCC2)CC1. The minimum atomic E-state index is -0.459. The highest BCUT2D eigenvalue weighted by Crippen LogP contribution is 2.35. The van der Waals surface area contributed by atoms with Gasteiger partial charge in [-0.25, -0.2) is 4.39 Å². The summed E-state index contributed by atoms with van der Waals surface area (Å²) in [7, 11) is 0. The van der Waals surface area contributed by atoms with Crippen LogP contribution in [0.2, 0.25) is 5.02 Å². The van der Waals surface area contributed by atoms with Gasteiger partial charge in [-0.05, 0) is 43.2 Å². The minimum Gasteiger partial charge on any atom is -0.370 e. The van der Waals surface area contributed by atoms with Crippen LogP contribution in [0.5, 0.6) is 0 Å². The number of nitrogens with zero attached hydrogens (tertiary/aromatic N) is 3. The van der Waals surface area contributed by atoms with Crippen LogP contribution in [0.1, 0.15) is 23.2 Å². The van der Waals surface area contributed by atoms with E-state index < -0.39 is 5.82 Å². The van der Waals surface area contributed by atoms with Crippen molar-refractivity contribution in [2.75, 3.05) is 49.1 Å². The molecule has 27 heavy (non-hydrogen) atoms. The van der Waals surface area contributed by atoms with E-state index in [-0.39, 0.29) is 11.5 Å². The second-order valence-electron chi connectivity index (χ2n) is 7.09. The van der Waals surface area contributed by atoms with Crippen molar-refractivity contribution in [3.63, 3.8) is 0 Å². The first-order valence-electron chi connectivity index (χ1n) is 9.47. The number of carbonyl (C=O) groups is 1. The van der Waals surface area contributed by atoms with Crippen molar-refractivity contribution in [3.8, 4) is 0 Å². The fraction of sp³-hybridized carbons (Fsp3) is 0.381. The molecule has 0 aromatic heterocycles. The van der Waals surface area contributed by atoms with E-state index >= 15 is 0 Å². The molecule has 2 aliphatic heterocycles. The van der Waals surface area contributed by atoms with Crippen LogP contribution in [0.4, 0.5) is 15.8 Å². The van der Waals surface area contributed by atoms with Crippen molar-refractivity contribution in [2.45, 2.75) is 12.8 Å². The van der Waals surface area contributed by atoms with Gasteiger partial charge in [-0.2, -0.15) is 0 Å². The summed E-state index contributed by atoms with van der Waals surface area (Å²) in [5.41, 5.74) is 2.49. The van der Waals surface area contributed by atoms with Crippen molar-refractivity contribution in [1.82, 2.24) is 4.90 Å². The van der Waals surface area contributed by atoms with Gasteiger partial charge < -0.3 is 14.7 Å². The molecule has 0 N–H and O–H groups in total. The molecule has 4 nitrogen and oxygen atoms in total. The second kappa shape index (κ2) is 7.77. The Morgan fingerprint density at radius 1 is 0.852 bits per heavy atom. The maximum atomic E-state index is 13.9. The molecule has 0 spiro atoms. The Hall–Kier alpha value is -2.27. The van der Waals surface area contributed by atoms with Crippen LogP contribution in [-0.2, 0) is 0 Å². The Balaban J connectivity index is 1.48. The average Bonchev–Trinajstić information content (AvgIpc) is 3.23. The summed E-state index contributed by atoms with van der Waals surface area (Å²) >= 11 is 6.25. The summed E-state index contributed by atoms with van der Waals surface area (Å²) in [6.07, 6.45) is 2.41. The molecule has 0 radical (unpaired) electrons. The molecule has 2 aromatic carbocycles. The predicted octanol–water partition coefficient (Wildman–Crippen LogP) is 4.04. The van der Waals surface area contributed by atoms with E-state index in [1.54, 1.807) is 23.1 Å². The smallest absolute Gasteiger partial charge is 0.256 e. The van der Waals surface area contributed by atoms with Crippen molar-refractivity contribution >= 4 is 28.9 Å². The van der Waals surface area contributed by atoms with Gasteiger partial charge >= 0.3 is 0 Å². The Labute approximate surface area is 164 Å². The zero-order valence-electron chi connectivity index (χ0n) is 15.2. The molecule has 0 atom stereocenters. The van der Waals surface area contributed by atoms with E-state index in [0.29, 0.717) is 13.1 Å². The molecule has 0 aliphatic carbocycles. The number of amides is 1. The van der Waals surface area contributed by atoms with Gasteiger partial charge in [-0.3, -0.25) is 4.79 Å². The zero-order chi connectivity index (χ0) is 18.8. The second-order valence-corrected chi connectivity index (χ2v) is 7.52. The molecule has 2 aromatic rings. The molecule has 4 rings (SSSR count). The molecular weight excluding hydrogens is 365 g/mol. The highest BCUT2D eigenvalue weighted by atomic mass is 35.5. The monoisotopic (exact) mass is 387 g/mol. The number of rotatable bonds is 3. The van der Waals surface area contributed by atoms with Crippen molar-refractivity contribution < 1.29 is 9.18 Å². The third kappa shape index (κ3) is 3.74. The Bertz CT molecular complexity index is 830. The molecule has 2 saturated heterocycles. The number of hydrogen-bond acceptors (Lipinski definition) is 3. The summed E-state index contributed by atoms with van der Waals surface area (Å²) < 4.78 is 13.9. The zero-order valence-corrected chi connectivity index (χ0v) is 16.0. The Morgan fingerprint density at radius 3 is 2.22 bits per heavy atom. The van der Waals surface area contributed by atoms with Gasteiger partial charge in [0.2, 0.25) is 0 Å². The molecule has 6 heteroatoms. The van der Waals surface area contributed by atoms with Gasteiger partial charge in [0, 0.05) is 44.3 Å². The fourth-order valence-electron chi connectivity index (χ4n) is 3.93. The van der Waals surface area contributed by atoms with E-state index in [1.807, 2.05) is 12.1 Å². The van der Waals surface area contributed by atoms with Gasteiger partial charge in [-0.1, -0.05) is 23.7 Å². The summed E-state index contributed by atoms with van der Waals surface area (Å²) in [5.74, 6) is -0.692. The van der Waals surface area contributed by atoms with Crippen LogP contribution in [-0.4, -0.2) is 50.1 Å². The lowest BCUT2D eigenvalue weighted by atomic mass is 10.1. The van der Waals surface area contributed by atoms with Gasteiger partial charge in [0.15, 0.2) is 0 Å².